The van der Waals surface area contributed by atoms with E-state index in [4.69, 9.17) is 5.11 Å². The SMILES string of the molecule is COC(=O)c1ccc(F)cc1S(=O)(=O)NC(C)(C)CCO. The minimum absolute atomic E-state index is 0.162. The fourth-order valence-electron chi connectivity index (χ4n) is 1.75. The van der Waals surface area contributed by atoms with Crippen molar-refractivity contribution in [1.29, 1.82) is 0 Å². The Morgan fingerprint density at radius 1 is 1.43 bits per heavy atom. The van der Waals surface area contributed by atoms with Gasteiger partial charge in [-0.15, -0.1) is 0 Å². The van der Waals surface area contributed by atoms with Gasteiger partial charge in [0.05, 0.1) is 17.6 Å². The zero-order valence-corrected chi connectivity index (χ0v) is 12.8. The summed E-state index contributed by atoms with van der Waals surface area (Å²) in [7, 11) is -3.05. The molecule has 1 rings (SSSR count). The molecule has 8 heteroatoms. The van der Waals surface area contributed by atoms with Gasteiger partial charge in [0.15, 0.2) is 0 Å². The highest BCUT2D eigenvalue weighted by Crippen LogP contribution is 2.21. The molecule has 0 radical (unpaired) electrons. The van der Waals surface area contributed by atoms with Crippen LogP contribution >= 0.6 is 0 Å². The molecule has 1 aromatic carbocycles. The first-order chi connectivity index (χ1) is 9.63. The zero-order valence-electron chi connectivity index (χ0n) is 12.0. The maximum Gasteiger partial charge on any atom is 0.339 e. The van der Waals surface area contributed by atoms with E-state index in [0.717, 1.165) is 25.3 Å². The van der Waals surface area contributed by atoms with Crippen LogP contribution in [0.25, 0.3) is 0 Å². The normalized spacial score (nSPS) is 12.2. The molecule has 0 saturated carbocycles. The van der Waals surface area contributed by atoms with E-state index in [1.165, 1.54) is 0 Å². The molecular weight excluding hydrogens is 301 g/mol. The average Bonchev–Trinajstić information content (AvgIpc) is 2.36. The van der Waals surface area contributed by atoms with Crippen molar-refractivity contribution >= 4 is 16.0 Å². The summed E-state index contributed by atoms with van der Waals surface area (Å²) in [5, 5.41) is 8.93. The van der Waals surface area contributed by atoms with E-state index in [2.05, 4.69) is 9.46 Å². The summed E-state index contributed by atoms with van der Waals surface area (Å²) in [6.45, 7) is 2.91. The van der Waals surface area contributed by atoms with E-state index in [0.29, 0.717) is 0 Å². The van der Waals surface area contributed by atoms with Gasteiger partial charge in [0.25, 0.3) is 0 Å². The van der Waals surface area contributed by atoms with E-state index >= 15 is 0 Å². The van der Waals surface area contributed by atoms with Crippen LogP contribution in [0, 0.1) is 5.82 Å². The molecule has 0 amide bonds. The topological polar surface area (TPSA) is 92.7 Å². The van der Waals surface area contributed by atoms with Crippen molar-refractivity contribution in [3.05, 3.63) is 29.6 Å². The number of carbonyl (C=O) groups is 1. The summed E-state index contributed by atoms with van der Waals surface area (Å²) >= 11 is 0. The fourth-order valence-corrected chi connectivity index (χ4v) is 3.39. The zero-order chi connectivity index (χ0) is 16.3. The van der Waals surface area contributed by atoms with Gasteiger partial charge in [0.1, 0.15) is 5.82 Å². The number of methoxy groups -OCH3 is 1. The minimum Gasteiger partial charge on any atom is -0.465 e. The number of aliphatic hydroxyl groups is 1. The van der Waals surface area contributed by atoms with Crippen LogP contribution < -0.4 is 4.72 Å². The highest BCUT2D eigenvalue weighted by Gasteiger charge is 2.29. The molecule has 2 N–H and O–H groups in total. The molecule has 0 aliphatic heterocycles. The molecule has 1 aromatic rings. The lowest BCUT2D eigenvalue weighted by atomic mass is 10.0. The molecule has 0 aliphatic rings. The van der Waals surface area contributed by atoms with Crippen LogP contribution in [0.5, 0.6) is 0 Å². The van der Waals surface area contributed by atoms with Gasteiger partial charge in [0, 0.05) is 12.1 Å². The van der Waals surface area contributed by atoms with E-state index in [1.54, 1.807) is 13.8 Å². The van der Waals surface area contributed by atoms with Crippen LogP contribution in [0.3, 0.4) is 0 Å². The van der Waals surface area contributed by atoms with Gasteiger partial charge in [-0.05, 0) is 38.5 Å². The fraction of sp³-hybridized carbons (Fsp3) is 0.462. The van der Waals surface area contributed by atoms with Crippen molar-refractivity contribution in [3.8, 4) is 0 Å². The van der Waals surface area contributed by atoms with Gasteiger partial charge in [-0.2, -0.15) is 0 Å². The number of benzene rings is 1. The van der Waals surface area contributed by atoms with E-state index in [-0.39, 0.29) is 18.6 Å². The minimum atomic E-state index is -4.15. The van der Waals surface area contributed by atoms with Crippen molar-refractivity contribution in [2.75, 3.05) is 13.7 Å². The number of esters is 1. The molecule has 21 heavy (non-hydrogen) atoms. The van der Waals surface area contributed by atoms with Gasteiger partial charge >= 0.3 is 5.97 Å². The first-order valence-electron chi connectivity index (χ1n) is 6.15. The highest BCUT2D eigenvalue weighted by atomic mass is 32.2. The first-order valence-corrected chi connectivity index (χ1v) is 7.64. The van der Waals surface area contributed by atoms with Crippen molar-refractivity contribution < 1.29 is 27.4 Å². The monoisotopic (exact) mass is 319 g/mol. The van der Waals surface area contributed by atoms with Crippen molar-refractivity contribution in [2.24, 2.45) is 0 Å². The van der Waals surface area contributed by atoms with E-state index in [1.807, 2.05) is 0 Å². The number of halogens is 1. The molecule has 0 saturated heterocycles. The number of carbonyl (C=O) groups excluding carboxylic acids is 1. The third kappa shape index (κ3) is 4.48. The molecule has 0 spiro atoms. The predicted molar refractivity (Wildman–Crippen MR) is 73.8 cm³/mol. The summed E-state index contributed by atoms with van der Waals surface area (Å²) in [5.41, 5.74) is -1.21. The standard InChI is InChI=1S/C13H18FNO5S/c1-13(2,6-7-16)15-21(18,19)11-8-9(14)4-5-10(11)12(17)20-3/h4-5,8,15-16H,6-7H2,1-3H3. The Hall–Kier alpha value is -1.51. The van der Waals surface area contributed by atoms with Crippen molar-refractivity contribution in [2.45, 2.75) is 30.7 Å². The Balaban J connectivity index is 3.31. The van der Waals surface area contributed by atoms with Gasteiger partial charge in [0.2, 0.25) is 10.0 Å². The number of sulfonamides is 1. The summed E-state index contributed by atoms with van der Waals surface area (Å²) in [6, 6.07) is 2.78. The number of nitrogens with one attached hydrogen (secondary N) is 1. The number of rotatable bonds is 6. The summed E-state index contributed by atoms with van der Waals surface area (Å²) < 4.78 is 44.9. The second kappa shape index (κ2) is 6.50. The lowest BCUT2D eigenvalue weighted by molar-refractivity contribution is 0.0596. The van der Waals surface area contributed by atoms with Gasteiger partial charge in [-0.1, -0.05) is 0 Å². The summed E-state index contributed by atoms with van der Waals surface area (Å²) in [6.07, 6.45) is 0.162. The lowest BCUT2D eigenvalue weighted by Gasteiger charge is -2.25. The summed E-state index contributed by atoms with van der Waals surface area (Å²) in [5.74, 6) is -1.67. The van der Waals surface area contributed by atoms with Gasteiger partial charge in [-0.25, -0.2) is 22.3 Å². The first kappa shape index (κ1) is 17.5. The highest BCUT2D eigenvalue weighted by molar-refractivity contribution is 7.89. The second-order valence-electron chi connectivity index (χ2n) is 5.10. The molecule has 118 valence electrons. The van der Waals surface area contributed by atoms with Crippen LogP contribution in [-0.2, 0) is 14.8 Å². The molecule has 0 unspecified atom stereocenters. The molecule has 0 aliphatic carbocycles. The lowest BCUT2D eigenvalue weighted by Crippen LogP contribution is -2.44. The molecule has 6 nitrogen and oxygen atoms in total. The number of ether oxygens (including phenoxy) is 1. The molecule has 0 fully saturated rings. The van der Waals surface area contributed by atoms with Crippen molar-refractivity contribution in [1.82, 2.24) is 4.72 Å². The van der Waals surface area contributed by atoms with Crippen molar-refractivity contribution in [3.63, 3.8) is 0 Å². The Labute approximate surface area is 123 Å². The molecule has 0 aromatic heterocycles. The van der Waals surface area contributed by atoms with Crippen LogP contribution in [-0.4, -0.2) is 38.7 Å². The Bertz CT molecular complexity index is 627. The maximum absolute atomic E-state index is 13.3. The largest absolute Gasteiger partial charge is 0.465 e. The third-order valence-electron chi connectivity index (χ3n) is 2.79. The summed E-state index contributed by atoms with van der Waals surface area (Å²) in [4.78, 5) is 11.1. The third-order valence-corrected chi connectivity index (χ3v) is 4.52. The Morgan fingerprint density at radius 3 is 2.57 bits per heavy atom. The predicted octanol–water partition coefficient (Wildman–Crippen LogP) is 1.05. The van der Waals surface area contributed by atoms with Crippen LogP contribution in [0.2, 0.25) is 0 Å². The van der Waals surface area contributed by atoms with Crippen LogP contribution in [0.15, 0.2) is 23.1 Å². The molecule has 0 bridgehead atoms. The molecule has 0 heterocycles. The number of hydrogen-bond donors (Lipinski definition) is 2. The van der Waals surface area contributed by atoms with Gasteiger partial charge in [-0.3, -0.25) is 0 Å². The number of hydrogen-bond acceptors (Lipinski definition) is 5. The molecular formula is C13H18FNO5S. The Morgan fingerprint density at radius 2 is 2.05 bits per heavy atom. The smallest absolute Gasteiger partial charge is 0.339 e. The van der Waals surface area contributed by atoms with Gasteiger partial charge < -0.3 is 9.84 Å². The quantitative estimate of drug-likeness (QED) is 0.765. The Kier molecular flexibility index (Phi) is 5.43. The van der Waals surface area contributed by atoms with E-state index in [9.17, 15) is 17.6 Å². The molecule has 0 atom stereocenters. The maximum atomic E-state index is 13.3. The van der Waals surface area contributed by atoms with Crippen LogP contribution in [0.1, 0.15) is 30.6 Å². The second-order valence-corrected chi connectivity index (χ2v) is 6.75. The average molecular weight is 319 g/mol. The van der Waals surface area contributed by atoms with Crippen LogP contribution in [0.4, 0.5) is 4.39 Å². The van der Waals surface area contributed by atoms with E-state index < -0.39 is 32.2 Å². The number of aliphatic hydroxyl groups excluding tert-OH is 1.